The molecule has 0 aliphatic carbocycles. The van der Waals surface area contributed by atoms with Gasteiger partial charge in [-0.1, -0.05) is 30.3 Å². The van der Waals surface area contributed by atoms with Gasteiger partial charge in [-0.2, -0.15) is 5.26 Å². The normalized spacial score (nSPS) is 10.3. The van der Waals surface area contributed by atoms with Crippen molar-refractivity contribution in [3.8, 4) is 11.8 Å². The highest BCUT2D eigenvalue weighted by atomic mass is 16.6. The fraction of sp³-hybridized carbons (Fsp3) is 0.158. The van der Waals surface area contributed by atoms with Crippen LogP contribution in [0.5, 0.6) is 5.75 Å². The molecule has 0 spiro atoms. The first-order chi connectivity index (χ1) is 11.2. The van der Waals surface area contributed by atoms with E-state index in [0.717, 1.165) is 16.9 Å². The third-order valence-electron chi connectivity index (χ3n) is 3.13. The molecule has 0 saturated carbocycles. The molecule has 0 radical (unpaired) electrons. The monoisotopic (exact) mass is 307 g/mol. The summed E-state index contributed by atoms with van der Waals surface area (Å²) >= 11 is 0. The molecule has 0 unspecified atom stereocenters. The molecule has 2 aromatic carbocycles. The van der Waals surface area contributed by atoms with Crippen molar-refractivity contribution in [1.82, 2.24) is 0 Å². The number of carbonyl (C=O) groups excluding carboxylic acids is 1. The maximum absolute atomic E-state index is 11.6. The highest BCUT2D eigenvalue weighted by molar-refractivity contribution is 5.87. The van der Waals surface area contributed by atoms with Gasteiger partial charge in [0.25, 0.3) is 0 Å². The summed E-state index contributed by atoms with van der Waals surface area (Å²) in [6, 6.07) is 16.6. The Kier molecular flexibility index (Phi) is 5.96. The van der Waals surface area contributed by atoms with Gasteiger partial charge in [0.1, 0.15) is 19.0 Å². The van der Waals surface area contributed by atoms with E-state index < -0.39 is 5.97 Å². The first-order valence-corrected chi connectivity index (χ1v) is 7.22. The average molecular weight is 307 g/mol. The largest absolute Gasteiger partial charge is 0.490 e. The fourth-order valence-corrected chi connectivity index (χ4v) is 1.89. The van der Waals surface area contributed by atoms with Crippen molar-refractivity contribution in [1.29, 1.82) is 5.26 Å². The van der Waals surface area contributed by atoms with Crippen LogP contribution in [0, 0.1) is 18.3 Å². The molecule has 4 nitrogen and oxygen atoms in total. The lowest BCUT2D eigenvalue weighted by atomic mass is 10.1. The Bertz CT molecular complexity index is 727. The second kappa shape index (κ2) is 8.40. The van der Waals surface area contributed by atoms with E-state index in [4.69, 9.17) is 14.7 Å². The smallest absolute Gasteiger partial charge is 0.330 e. The van der Waals surface area contributed by atoms with Gasteiger partial charge in [0.05, 0.1) is 11.6 Å². The Morgan fingerprint density at radius 1 is 1.13 bits per heavy atom. The molecule has 0 heterocycles. The van der Waals surface area contributed by atoms with Crippen molar-refractivity contribution in [3.05, 3.63) is 71.3 Å². The first kappa shape index (κ1) is 16.3. The summed E-state index contributed by atoms with van der Waals surface area (Å²) in [5.41, 5.74) is 2.45. The van der Waals surface area contributed by atoms with E-state index in [-0.39, 0.29) is 6.61 Å². The van der Waals surface area contributed by atoms with Gasteiger partial charge in [-0.15, -0.1) is 0 Å². The lowest BCUT2D eigenvalue weighted by Crippen LogP contribution is -2.10. The molecule has 4 heteroatoms. The van der Waals surface area contributed by atoms with Crippen LogP contribution in [0.4, 0.5) is 0 Å². The fourth-order valence-electron chi connectivity index (χ4n) is 1.89. The number of rotatable bonds is 6. The standard InChI is InChI=1S/C19H17NO3/c1-15-4-2-3-5-18(15)22-12-13-23-19(21)11-10-16-6-8-17(14-20)9-7-16/h2-11H,12-13H2,1H3/b11-10+. The van der Waals surface area contributed by atoms with Crippen molar-refractivity contribution >= 4 is 12.0 Å². The molecule has 0 aliphatic rings. The molecule has 2 rings (SSSR count). The van der Waals surface area contributed by atoms with Gasteiger partial charge in [0.15, 0.2) is 0 Å². The Hall–Kier alpha value is -3.06. The Morgan fingerprint density at radius 3 is 2.57 bits per heavy atom. The molecule has 0 aliphatic heterocycles. The summed E-state index contributed by atoms with van der Waals surface area (Å²) < 4.78 is 10.6. The predicted octanol–water partition coefficient (Wildman–Crippen LogP) is 3.50. The first-order valence-electron chi connectivity index (χ1n) is 7.22. The molecule has 0 bridgehead atoms. The minimum atomic E-state index is -0.428. The lowest BCUT2D eigenvalue weighted by Gasteiger charge is -2.08. The van der Waals surface area contributed by atoms with Gasteiger partial charge in [-0.25, -0.2) is 4.79 Å². The molecule has 0 atom stereocenters. The molecule has 2 aromatic rings. The lowest BCUT2D eigenvalue weighted by molar-refractivity contribution is -0.138. The summed E-state index contributed by atoms with van der Waals surface area (Å²) in [5.74, 6) is 0.361. The third kappa shape index (κ3) is 5.33. The van der Waals surface area contributed by atoms with Crippen molar-refractivity contribution in [2.45, 2.75) is 6.92 Å². The number of hydrogen-bond acceptors (Lipinski definition) is 4. The van der Waals surface area contributed by atoms with E-state index in [0.29, 0.717) is 12.2 Å². The van der Waals surface area contributed by atoms with Gasteiger partial charge < -0.3 is 9.47 Å². The SMILES string of the molecule is Cc1ccccc1OCCOC(=O)/C=C/c1ccc(C#N)cc1. The number of ether oxygens (including phenoxy) is 2. The zero-order chi connectivity index (χ0) is 16.5. The molecule has 0 fully saturated rings. The number of hydrogen-bond donors (Lipinski definition) is 0. The summed E-state index contributed by atoms with van der Waals surface area (Å²) in [6.45, 7) is 2.45. The summed E-state index contributed by atoms with van der Waals surface area (Å²) in [7, 11) is 0. The number of para-hydroxylation sites is 1. The maximum atomic E-state index is 11.6. The van der Waals surface area contributed by atoms with Crippen LogP contribution in [0.25, 0.3) is 6.08 Å². The van der Waals surface area contributed by atoms with E-state index >= 15 is 0 Å². The number of benzene rings is 2. The highest BCUT2D eigenvalue weighted by Crippen LogP contribution is 2.15. The Morgan fingerprint density at radius 2 is 1.87 bits per heavy atom. The third-order valence-corrected chi connectivity index (χ3v) is 3.13. The van der Waals surface area contributed by atoms with Gasteiger partial charge in [0, 0.05) is 6.08 Å². The van der Waals surface area contributed by atoms with Crippen LogP contribution in [-0.4, -0.2) is 19.2 Å². The number of nitriles is 1. The van der Waals surface area contributed by atoms with E-state index in [1.165, 1.54) is 6.08 Å². The van der Waals surface area contributed by atoms with Crippen molar-refractivity contribution in [3.63, 3.8) is 0 Å². The minimum Gasteiger partial charge on any atom is -0.490 e. The van der Waals surface area contributed by atoms with Crippen LogP contribution in [0.1, 0.15) is 16.7 Å². The van der Waals surface area contributed by atoms with E-state index in [1.807, 2.05) is 37.3 Å². The van der Waals surface area contributed by atoms with Crippen molar-refractivity contribution < 1.29 is 14.3 Å². The topological polar surface area (TPSA) is 59.3 Å². The quantitative estimate of drug-likeness (QED) is 0.465. The Labute approximate surface area is 135 Å². The second-order valence-electron chi connectivity index (χ2n) is 4.85. The van der Waals surface area contributed by atoms with E-state index in [2.05, 4.69) is 0 Å². The zero-order valence-electron chi connectivity index (χ0n) is 12.9. The summed E-state index contributed by atoms with van der Waals surface area (Å²) in [5, 5.41) is 8.71. The number of aryl methyl sites for hydroxylation is 1. The molecule has 0 aromatic heterocycles. The van der Waals surface area contributed by atoms with Crippen molar-refractivity contribution in [2.24, 2.45) is 0 Å². The molecule has 116 valence electrons. The van der Waals surface area contributed by atoms with Crippen LogP contribution in [0.3, 0.4) is 0 Å². The molecular formula is C19H17NO3. The zero-order valence-corrected chi connectivity index (χ0v) is 12.9. The molecule has 0 saturated heterocycles. The summed E-state index contributed by atoms with van der Waals surface area (Å²) in [6.07, 6.45) is 3.00. The van der Waals surface area contributed by atoms with Gasteiger partial charge in [-0.05, 0) is 42.3 Å². The van der Waals surface area contributed by atoms with Crippen LogP contribution >= 0.6 is 0 Å². The van der Waals surface area contributed by atoms with Crippen LogP contribution < -0.4 is 4.74 Å². The molecule has 0 amide bonds. The molecule has 23 heavy (non-hydrogen) atoms. The van der Waals surface area contributed by atoms with Crippen LogP contribution in [0.2, 0.25) is 0 Å². The minimum absolute atomic E-state index is 0.185. The number of nitrogens with zero attached hydrogens (tertiary/aromatic N) is 1. The molecular weight excluding hydrogens is 290 g/mol. The van der Waals surface area contributed by atoms with Gasteiger partial charge >= 0.3 is 5.97 Å². The molecule has 0 N–H and O–H groups in total. The number of esters is 1. The van der Waals surface area contributed by atoms with Gasteiger partial charge in [-0.3, -0.25) is 0 Å². The maximum Gasteiger partial charge on any atom is 0.330 e. The van der Waals surface area contributed by atoms with Gasteiger partial charge in [0.2, 0.25) is 0 Å². The number of carbonyl (C=O) groups is 1. The van der Waals surface area contributed by atoms with E-state index in [9.17, 15) is 4.79 Å². The van der Waals surface area contributed by atoms with Crippen LogP contribution in [0.15, 0.2) is 54.6 Å². The Balaban J connectivity index is 1.73. The highest BCUT2D eigenvalue weighted by Gasteiger charge is 2.00. The van der Waals surface area contributed by atoms with Crippen molar-refractivity contribution in [2.75, 3.05) is 13.2 Å². The predicted molar refractivity (Wildman–Crippen MR) is 87.8 cm³/mol. The van der Waals surface area contributed by atoms with E-state index in [1.54, 1.807) is 30.3 Å². The van der Waals surface area contributed by atoms with Crippen LogP contribution in [-0.2, 0) is 9.53 Å². The second-order valence-corrected chi connectivity index (χ2v) is 4.85. The average Bonchev–Trinajstić information content (AvgIpc) is 2.59. The summed E-state index contributed by atoms with van der Waals surface area (Å²) in [4.78, 5) is 11.6.